The van der Waals surface area contributed by atoms with E-state index in [1.165, 1.54) is 6.42 Å². The highest BCUT2D eigenvalue weighted by Crippen LogP contribution is 2.20. The molecule has 1 aliphatic heterocycles. The molecule has 0 spiro atoms. The Labute approximate surface area is 80.3 Å². The molecule has 0 radical (unpaired) electrons. The molecule has 0 atom stereocenters. The van der Waals surface area contributed by atoms with Crippen LogP contribution in [0.5, 0.6) is 0 Å². The minimum Gasteiger partial charge on any atom is -0.342 e. The molecular weight excluding hydrogens is 164 g/mol. The molecular formula is C10H20N2O. The highest BCUT2D eigenvalue weighted by Gasteiger charge is 2.30. The lowest BCUT2D eigenvalue weighted by atomic mass is 9.91. The van der Waals surface area contributed by atoms with Gasteiger partial charge in [0.05, 0.1) is 5.41 Å². The van der Waals surface area contributed by atoms with E-state index < -0.39 is 0 Å². The summed E-state index contributed by atoms with van der Waals surface area (Å²) in [5, 5.41) is 0. The molecule has 1 saturated heterocycles. The summed E-state index contributed by atoms with van der Waals surface area (Å²) in [6, 6.07) is 0. The van der Waals surface area contributed by atoms with E-state index in [9.17, 15) is 4.79 Å². The molecule has 0 aromatic carbocycles. The van der Waals surface area contributed by atoms with Gasteiger partial charge in [0.25, 0.3) is 0 Å². The largest absolute Gasteiger partial charge is 0.342 e. The summed E-state index contributed by atoms with van der Waals surface area (Å²) < 4.78 is 0. The first-order valence-electron chi connectivity index (χ1n) is 5.07. The second kappa shape index (κ2) is 4.09. The topological polar surface area (TPSA) is 46.3 Å². The van der Waals surface area contributed by atoms with Gasteiger partial charge in [0.1, 0.15) is 0 Å². The summed E-state index contributed by atoms with van der Waals surface area (Å²) in [7, 11) is 0. The standard InChI is InChI=1S/C10H20N2O/c1-10(2,8-11)9(13)12-6-4-3-5-7-12/h3-8,11H2,1-2H3. The Morgan fingerprint density at radius 2 is 1.85 bits per heavy atom. The van der Waals surface area contributed by atoms with Crippen LogP contribution in [0, 0.1) is 5.41 Å². The summed E-state index contributed by atoms with van der Waals surface area (Å²) in [4.78, 5) is 13.9. The molecule has 1 fully saturated rings. The molecule has 13 heavy (non-hydrogen) atoms. The second-order valence-electron chi connectivity index (χ2n) is 4.44. The maximum atomic E-state index is 11.9. The smallest absolute Gasteiger partial charge is 0.229 e. The molecule has 0 aliphatic carbocycles. The van der Waals surface area contributed by atoms with Crippen molar-refractivity contribution in [2.24, 2.45) is 11.1 Å². The first-order valence-corrected chi connectivity index (χ1v) is 5.07. The number of nitrogens with zero attached hydrogens (tertiary/aromatic N) is 1. The molecule has 3 nitrogen and oxygen atoms in total. The Bertz CT molecular complexity index is 183. The summed E-state index contributed by atoms with van der Waals surface area (Å²) in [6.07, 6.45) is 3.55. The van der Waals surface area contributed by atoms with Crippen molar-refractivity contribution in [3.63, 3.8) is 0 Å². The van der Waals surface area contributed by atoms with Gasteiger partial charge in [-0.2, -0.15) is 0 Å². The maximum absolute atomic E-state index is 11.9. The zero-order valence-electron chi connectivity index (χ0n) is 8.68. The van der Waals surface area contributed by atoms with Gasteiger partial charge in [-0.05, 0) is 33.1 Å². The molecule has 3 heteroatoms. The van der Waals surface area contributed by atoms with E-state index in [-0.39, 0.29) is 11.3 Å². The van der Waals surface area contributed by atoms with Gasteiger partial charge in [-0.1, -0.05) is 0 Å². The Kier molecular flexibility index (Phi) is 3.31. The number of hydrogen-bond donors (Lipinski definition) is 1. The Hall–Kier alpha value is -0.570. The molecule has 2 N–H and O–H groups in total. The van der Waals surface area contributed by atoms with Crippen LogP contribution in [0.3, 0.4) is 0 Å². The quantitative estimate of drug-likeness (QED) is 0.695. The molecule has 1 rings (SSSR count). The fraction of sp³-hybridized carbons (Fsp3) is 0.900. The zero-order chi connectivity index (χ0) is 9.90. The fourth-order valence-electron chi connectivity index (χ4n) is 1.61. The molecule has 1 heterocycles. The van der Waals surface area contributed by atoms with E-state index >= 15 is 0 Å². The first-order chi connectivity index (χ1) is 6.08. The van der Waals surface area contributed by atoms with E-state index in [1.807, 2.05) is 18.7 Å². The molecule has 76 valence electrons. The van der Waals surface area contributed by atoms with Crippen LogP contribution < -0.4 is 5.73 Å². The third-order valence-corrected chi connectivity index (χ3v) is 2.73. The average molecular weight is 184 g/mol. The van der Waals surface area contributed by atoms with Gasteiger partial charge in [-0.15, -0.1) is 0 Å². The molecule has 0 unspecified atom stereocenters. The van der Waals surface area contributed by atoms with E-state index in [0.717, 1.165) is 25.9 Å². The van der Waals surface area contributed by atoms with E-state index in [0.29, 0.717) is 6.54 Å². The van der Waals surface area contributed by atoms with Crippen molar-refractivity contribution < 1.29 is 4.79 Å². The minimum absolute atomic E-state index is 0.217. The monoisotopic (exact) mass is 184 g/mol. The fourth-order valence-corrected chi connectivity index (χ4v) is 1.61. The normalized spacial score (nSPS) is 18.8. The predicted molar refractivity (Wildman–Crippen MR) is 53.3 cm³/mol. The first kappa shape index (κ1) is 10.5. The number of carbonyl (C=O) groups excluding carboxylic acids is 1. The summed E-state index contributed by atoms with van der Waals surface area (Å²) >= 11 is 0. The van der Waals surface area contributed by atoms with Crippen LogP contribution >= 0.6 is 0 Å². The van der Waals surface area contributed by atoms with Crippen molar-refractivity contribution in [2.45, 2.75) is 33.1 Å². The van der Waals surface area contributed by atoms with Crippen LogP contribution in [-0.4, -0.2) is 30.4 Å². The van der Waals surface area contributed by atoms with Crippen LogP contribution in [0.4, 0.5) is 0 Å². The van der Waals surface area contributed by atoms with Crippen molar-refractivity contribution in [1.29, 1.82) is 0 Å². The molecule has 1 aliphatic rings. The Balaban J connectivity index is 2.55. The van der Waals surface area contributed by atoms with Crippen molar-refractivity contribution in [3.8, 4) is 0 Å². The number of hydrogen-bond acceptors (Lipinski definition) is 2. The number of amides is 1. The van der Waals surface area contributed by atoms with Crippen LogP contribution in [0.15, 0.2) is 0 Å². The minimum atomic E-state index is -0.378. The zero-order valence-corrected chi connectivity index (χ0v) is 8.68. The number of nitrogens with two attached hydrogens (primary N) is 1. The summed E-state index contributed by atoms with van der Waals surface area (Å²) in [6.45, 7) is 6.11. The van der Waals surface area contributed by atoms with Crippen molar-refractivity contribution in [1.82, 2.24) is 4.90 Å². The maximum Gasteiger partial charge on any atom is 0.229 e. The number of likely N-dealkylation sites (tertiary alicyclic amines) is 1. The lowest BCUT2D eigenvalue weighted by Crippen LogP contribution is -2.46. The van der Waals surface area contributed by atoms with Gasteiger partial charge in [-0.25, -0.2) is 0 Å². The molecule has 0 saturated carbocycles. The molecule has 1 amide bonds. The third-order valence-electron chi connectivity index (χ3n) is 2.73. The van der Waals surface area contributed by atoms with E-state index in [1.54, 1.807) is 0 Å². The van der Waals surface area contributed by atoms with Gasteiger partial charge in [0, 0.05) is 19.6 Å². The number of carbonyl (C=O) groups is 1. The summed E-state index contributed by atoms with van der Waals surface area (Å²) in [5.74, 6) is 0.217. The lowest BCUT2D eigenvalue weighted by Gasteiger charge is -2.33. The van der Waals surface area contributed by atoms with Crippen LogP contribution in [-0.2, 0) is 4.79 Å². The molecule has 0 aromatic heterocycles. The SMILES string of the molecule is CC(C)(CN)C(=O)N1CCCCC1. The molecule has 0 aromatic rings. The predicted octanol–water partition coefficient (Wildman–Crippen LogP) is 0.984. The van der Waals surface area contributed by atoms with Crippen LogP contribution in [0.25, 0.3) is 0 Å². The highest BCUT2D eigenvalue weighted by atomic mass is 16.2. The van der Waals surface area contributed by atoms with Crippen LogP contribution in [0.2, 0.25) is 0 Å². The second-order valence-corrected chi connectivity index (χ2v) is 4.44. The van der Waals surface area contributed by atoms with Gasteiger partial charge < -0.3 is 10.6 Å². The van der Waals surface area contributed by atoms with Crippen molar-refractivity contribution in [2.75, 3.05) is 19.6 Å². The summed E-state index contributed by atoms with van der Waals surface area (Å²) in [5.41, 5.74) is 5.19. The van der Waals surface area contributed by atoms with Gasteiger partial charge in [0.2, 0.25) is 5.91 Å². The van der Waals surface area contributed by atoms with Gasteiger partial charge >= 0.3 is 0 Å². The van der Waals surface area contributed by atoms with Crippen LogP contribution in [0.1, 0.15) is 33.1 Å². The van der Waals surface area contributed by atoms with E-state index in [4.69, 9.17) is 5.73 Å². The number of piperidine rings is 1. The third kappa shape index (κ3) is 2.44. The Morgan fingerprint density at radius 1 is 1.31 bits per heavy atom. The van der Waals surface area contributed by atoms with Crippen molar-refractivity contribution >= 4 is 5.91 Å². The Morgan fingerprint density at radius 3 is 2.31 bits per heavy atom. The van der Waals surface area contributed by atoms with Gasteiger partial charge in [-0.3, -0.25) is 4.79 Å². The lowest BCUT2D eigenvalue weighted by molar-refractivity contribution is -0.140. The molecule has 0 bridgehead atoms. The van der Waals surface area contributed by atoms with Gasteiger partial charge in [0.15, 0.2) is 0 Å². The van der Waals surface area contributed by atoms with Crippen molar-refractivity contribution in [3.05, 3.63) is 0 Å². The highest BCUT2D eigenvalue weighted by molar-refractivity contribution is 5.82. The number of rotatable bonds is 2. The van der Waals surface area contributed by atoms with E-state index in [2.05, 4.69) is 0 Å². The average Bonchev–Trinajstić information content (AvgIpc) is 2.18.